The standard InChI is InChI=1S/C17H17BrO2S/c1-11-8-12(2)17(13(3)9-11)16(19)10-21(20)15-6-4-14(18)5-7-15/h4-9H,10H2,1-3H3. The van der Waals surface area contributed by atoms with Crippen molar-refractivity contribution in [1.82, 2.24) is 0 Å². The average molecular weight is 365 g/mol. The lowest BCUT2D eigenvalue weighted by Crippen LogP contribution is -2.14. The zero-order chi connectivity index (χ0) is 15.6. The van der Waals surface area contributed by atoms with Crippen LogP contribution >= 0.6 is 15.9 Å². The first-order valence-corrected chi connectivity index (χ1v) is 8.74. The summed E-state index contributed by atoms with van der Waals surface area (Å²) in [6, 6.07) is 11.2. The largest absolute Gasteiger partial charge is 0.293 e. The van der Waals surface area contributed by atoms with Gasteiger partial charge in [0, 0.05) is 14.9 Å². The topological polar surface area (TPSA) is 34.1 Å². The van der Waals surface area contributed by atoms with Gasteiger partial charge < -0.3 is 0 Å². The number of Topliss-reactive ketones (excluding diaryl/α,β-unsaturated/α-hetero) is 1. The Hall–Kier alpha value is -1.26. The highest BCUT2D eigenvalue weighted by atomic mass is 79.9. The van der Waals surface area contributed by atoms with Crippen molar-refractivity contribution < 1.29 is 9.00 Å². The van der Waals surface area contributed by atoms with E-state index in [0.717, 1.165) is 21.2 Å². The maximum absolute atomic E-state index is 12.4. The molecule has 21 heavy (non-hydrogen) atoms. The van der Waals surface area contributed by atoms with Gasteiger partial charge in [0.05, 0.1) is 16.6 Å². The summed E-state index contributed by atoms with van der Waals surface area (Å²) in [7, 11) is -1.31. The van der Waals surface area contributed by atoms with Gasteiger partial charge in [0.2, 0.25) is 0 Å². The van der Waals surface area contributed by atoms with E-state index in [0.29, 0.717) is 10.5 Å². The van der Waals surface area contributed by atoms with Gasteiger partial charge in [-0.15, -0.1) is 0 Å². The van der Waals surface area contributed by atoms with Crippen molar-refractivity contribution in [2.24, 2.45) is 0 Å². The van der Waals surface area contributed by atoms with Gasteiger partial charge in [-0.05, 0) is 56.2 Å². The van der Waals surface area contributed by atoms with Gasteiger partial charge in [-0.1, -0.05) is 33.6 Å². The van der Waals surface area contributed by atoms with Gasteiger partial charge in [0.1, 0.15) is 0 Å². The van der Waals surface area contributed by atoms with E-state index in [1.165, 1.54) is 0 Å². The molecule has 4 heteroatoms. The molecule has 0 N–H and O–H groups in total. The number of halogens is 1. The molecule has 0 saturated carbocycles. The molecule has 2 nitrogen and oxygen atoms in total. The summed E-state index contributed by atoms with van der Waals surface area (Å²) in [6.07, 6.45) is 0. The van der Waals surface area contributed by atoms with Crippen molar-refractivity contribution in [1.29, 1.82) is 0 Å². The van der Waals surface area contributed by atoms with E-state index in [4.69, 9.17) is 0 Å². The molecule has 0 aromatic heterocycles. The Kier molecular flexibility index (Phi) is 5.12. The van der Waals surface area contributed by atoms with Crippen LogP contribution < -0.4 is 0 Å². The molecule has 0 fully saturated rings. The molecule has 0 bridgehead atoms. The molecule has 2 aromatic rings. The van der Waals surface area contributed by atoms with Crippen molar-refractivity contribution in [3.8, 4) is 0 Å². The number of hydrogen-bond acceptors (Lipinski definition) is 2. The number of carbonyl (C=O) groups excluding carboxylic acids is 1. The Labute approximate surface area is 136 Å². The van der Waals surface area contributed by atoms with Crippen LogP contribution in [0.5, 0.6) is 0 Å². The highest BCUT2D eigenvalue weighted by Gasteiger charge is 2.16. The third-order valence-electron chi connectivity index (χ3n) is 3.29. The zero-order valence-electron chi connectivity index (χ0n) is 12.3. The predicted octanol–water partition coefficient (Wildman–Crippen LogP) is 4.36. The Balaban J connectivity index is 2.22. The van der Waals surface area contributed by atoms with E-state index < -0.39 is 10.8 Å². The van der Waals surface area contributed by atoms with Crippen molar-refractivity contribution in [3.05, 3.63) is 63.1 Å². The number of ketones is 1. The summed E-state index contributed by atoms with van der Waals surface area (Å²) < 4.78 is 13.2. The van der Waals surface area contributed by atoms with E-state index in [2.05, 4.69) is 15.9 Å². The number of rotatable bonds is 4. The second-order valence-electron chi connectivity index (χ2n) is 5.14. The van der Waals surface area contributed by atoms with Gasteiger partial charge in [0.25, 0.3) is 0 Å². The second-order valence-corrected chi connectivity index (χ2v) is 7.51. The van der Waals surface area contributed by atoms with Gasteiger partial charge in [-0.3, -0.25) is 9.00 Å². The Morgan fingerprint density at radius 2 is 1.57 bits per heavy atom. The van der Waals surface area contributed by atoms with Crippen LogP contribution in [0, 0.1) is 20.8 Å². The fourth-order valence-corrected chi connectivity index (χ4v) is 3.73. The second kappa shape index (κ2) is 6.67. The molecule has 0 aliphatic rings. The molecule has 0 aliphatic heterocycles. The molecule has 0 amide bonds. The van der Waals surface area contributed by atoms with E-state index in [1.54, 1.807) is 12.1 Å². The predicted molar refractivity (Wildman–Crippen MR) is 90.4 cm³/mol. The van der Waals surface area contributed by atoms with Gasteiger partial charge in [0.15, 0.2) is 5.78 Å². The molecule has 2 aromatic carbocycles. The number of carbonyl (C=O) groups is 1. The monoisotopic (exact) mass is 364 g/mol. The summed E-state index contributed by atoms with van der Waals surface area (Å²) >= 11 is 3.34. The van der Waals surface area contributed by atoms with Crippen molar-refractivity contribution in [2.75, 3.05) is 5.75 Å². The Bertz CT molecular complexity index is 682. The van der Waals surface area contributed by atoms with Crippen molar-refractivity contribution in [2.45, 2.75) is 25.7 Å². The number of benzene rings is 2. The normalized spacial score (nSPS) is 12.2. The van der Waals surface area contributed by atoms with E-state index in [1.807, 2.05) is 45.0 Å². The van der Waals surface area contributed by atoms with Crippen LogP contribution in [-0.2, 0) is 10.8 Å². The summed E-state index contributed by atoms with van der Waals surface area (Å²) in [5.74, 6) is -0.0434. The minimum atomic E-state index is -1.31. The van der Waals surface area contributed by atoms with Crippen molar-refractivity contribution >= 4 is 32.5 Å². The van der Waals surface area contributed by atoms with E-state index in [9.17, 15) is 9.00 Å². The lowest BCUT2D eigenvalue weighted by Gasteiger charge is -2.10. The Morgan fingerprint density at radius 3 is 2.10 bits per heavy atom. The first kappa shape index (κ1) is 16.1. The minimum Gasteiger partial charge on any atom is -0.293 e. The maximum Gasteiger partial charge on any atom is 0.176 e. The summed E-state index contributed by atoms with van der Waals surface area (Å²) in [4.78, 5) is 13.1. The molecular weight excluding hydrogens is 348 g/mol. The summed E-state index contributed by atoms with van der Waals surface area (Å²) in [6.45, 7) is 5.86. The van der Waals surface area contributed by atoms with Gasteiger partial charge in [-0.25, -0.2) is 0 Å². The van der Waals surface area contributed by atoms with Gasteiger partial charge in [-0.2, -0.15) is 0 Å². The third kappa shape index (κ3) is 3.89. The fourth-order valence-electron chi connectivity index (χ4n) is 2.48. The van der Waals surface area contributed by atoms with Crippen LogP contribution in [0.15, 0.2) is 45.8 Å². The number of hydrogen-bond donors (Lipinski definition) is 0. The smallest absolute Gasteiger partial charge is 0.176 e. The van der Waals surface area contributed by atoms with E-state index in [-0.39, 0.29) is 11.5 Å². The number of aryl methyl sites for hydroxylation is 3. The molecule has 0 aliphatic carbocycles. The van der Waals surface area contributed by atoms with E-state index >= 15 is 0 Å². The first-order chi connectivity index (χ1) is 9.88. The van der Waals surface area contributed by atoms with Crippen LogP contribution in [0.2, 0.25) is 0 Å². The summed E-state index contributed by atoms with van der Waals surface area (Å²) in [5, 5.41) is 0. The molecule has 1 unspecified atom stereocenters. The van der Waals surface area contributed by atoms with Crippen molar-refractivity contribution in [3.63, 3.8) is 0 Å². The zero-order valence-corrected chi connectivity index (χ0v) is 14.7. The van der Waals surface area contributed by atoms with Crippen LogP contribution in [0.3, 0.4) is 0 Å². The molecular formula is C17H17BrO2S. The van der Waals surface area contributed by atoms with Crippen LogP contribution in [0.1, 0.15) is 27.0 Å². The third-order valence-corrected chi connectivity index (χ3v) is 5.15. The first-order valence-electron chi connectivity index (χ1n) is 6.63. The molecule has 0 saturated heterocycles. The molecule has 110 valence electrons. The minimum absolute atomic E-state index is 0.0202. The Morgan fingerprint density at radius 1 is 1.05 bits per heavy atom. The highest BCUT2D eigenvalue weighted by molar-refractivity contribution is 9.10. The molecule has 1 atom stereocenters. The summed E-state index contributed by atoms with van der Waals surface area (Å²) in [5.41, 5.74) is 3.73. The lowest BCUT2D eigenvalue weighted by atomic mass is 9.97. The average Bonchev–Trinajstić information content (AvgIpc) is 2.37. The van der Waals surface area contributed by atoms with Crippen LogP contribution in [-0.4, -0.2) is 15.7 Å². The lowest BCUT2D eigenvalue weighted by molar-refractivity contribution is 0.102. The molecule has 0 spiro atoms. The highest BCUT2D eigenvalue weighted by Crippen LogP contribution is 2.19. The van der Waals surface area contributed by atoms with Crippen LogP contribution in [0.4, 0.5) is 0 Å². The van der Waals surface area contributed by atoms with Gasteiger partial charge >= 0.3 is 0 Å². The molecule has 0 heterocycles. The van der Waals surface area contributed by atoms with Crippen LogP contribution in [0.25, 0.3) is 0 Å². The molecule has 2 rings (SSSR count). The SMILES string of the molecule is Cc1cc(C)c(C(=O)CS(=O)c2ccc(Br)cc2)c(C)c1. The maximum atomic E-state index is 12.4. The quantitative estimate of drug-likeness (QED) is 0.755. The fraction of sp³-hybridized carbons (Fsp3) is 0.235. The molecule has 0 radical (unpaired) electrons.